The summed E-state index contributed by atoms with van der Waals surface area (Å²) >= 11 is 1.28. The summed E-state index contributed by atoms with van der Waals surface area (Å²) < 4.78 is 0. The van der Waals surface area contributed by atoms with Crippen molar-refractivity contribution < 1.29 is 9.90 Å². The smallest absolute Gasteiger partial charge is 0.265 e. The summed E-state index contributed by atoms with van der Waals surface area (Å²) in [7, 11) is 0. The molecule has 0 aliphatic heterocycles. The van der Waals surface area contributed by atoms with Gasteiger partial charge in [0.05, 0.1) is 6.10 Å². The Morgan fingerprint density at radius 1 is 1.63 bits per heavy atom. The van der Waals surface area contributed by atoms with Gasteiger partial charge in [-0.1, -0.05) is 18.3 Å². The van der Waals surface area contributed by atoms with E-state index in [9.17, 15) is 9.90 Å². The molecular weight excluding hydrogens is 264 g/mol. The van der Waals surface area contributed by atoms with Crippen LogP contribution in [0.2, 0.25) is 0 Å². The Bertz CT molecular complexity index is 445. The minimum Gasteiger partial charge on any atom is -0.393 e. The Labute approximate surface area is 116 Å². The fourth-order valence-electron chi connectivity index (χ4n) is 1.60. The normalized spacial score (nSPS) is 16.1. The van der Waals surface area contributed by atoms with Gasteiger partial charge in [0.25, 0.3) is 5.91 Å². The average Bonchev–Trinajstić information content (AvgIpc) is 3.11. The van der Waals surface area contributed by atoms with Crippen LogP contribution in [0.25, 0.3) is 0 Å². The van der Waals surface area contributed by atoms with Crippen molar-refractivity contribution in [1.82, 2.24) is 10.3 Å². The Kier molecular flexibility index (Phi) is 4.60. The number of nitrogens with one attached hydrogen (secondary N) is 2. The summed E-state index contributed by atoms with van der Waals surface area (Å²) in [5, 5.41) is 16.1. The number of amides is 1. The highest BCUT2D eigenvalue weighted by atomic mass is 32.1. The number of anilines is 2. The molecule has 1 atom stereocenters. The van der Waals surface area contributed by atoms with E-state index in [2.05, 4.69) is 15.6 Å². The molecular formula is C12H20N4O2S. The zero-order valence-electron chi connectivity index (χ0n) is 11.0. The molecule has 0 saturated heterocycles. The average molecular weight is 284 g/mol. The van der Waals surface area contributed by atoms with E-state index < -0.39 is 0 Å². The molecule has 1 aromatic rings. The Morgan fingerprint density at radius 2 is 2.37 bits per heavy atom. The van der Waals surface area contributed by atoms with Crippen molar-refractivity contribution >= 4 is 28.2 Å². The molecule has 0 spiro atoms. The van der Waals surface area contributed by atoms with E-state index in [4.69, 9.17) is 5.73 Å². The van der Waals surface area contributed by atoms with Crippen molar-refractivity contribution in [3.05, 3.63) is 4.88 Å². The van der Waals surface area contributed by atoms with Crippen LogP contribution in [0.15, 0.2) is 0 Å². The molecule has 1 unspecified atom stereocenters. The van der Waals surface area contributed by atoms with Crippen LogP contribution in [0.3, 0.4) is 0 Å². The second-order valence-electron chi connectivity index (χ2n) is 4.76. The zero-order chi connectivity index (χ0) is 13.8. The summed E-state index contributed by atoms with van der Waals surface area (Å²) in [6, 6.07) is 0.487. The lowest BCUT2D eigenvalue weighted by Gasteiger charge is -2.07. The minimum absolute atomic E-state index is 0.220. The van der Waals surface area contributed by atoms with E-state index in [1.807, 2.05) is 6.92 Å². The predicted octanol–water partition coefficient (Wildman–Crippen LogP) is 1.19. The second kappa shape index (κ2) is 6.21. The number of aliphatic hydroxyl groups is 1. The summed E-state index contributed by atoms with van der Waals surface area (Å²) in [5.41, 5.74) is 5.75. The number of hydrogen-bond donors (Lipinski definition) is 4. The van der Waals surface area contributed by atoms with Gasteiger partial charge in [0, 0.05) is 12.6 Å². The molecule has 1 heterocycles. The lowest BCUT2D eigenvalue weighted by Crippen LogP contribution is -2.26. The van der Waals surface area contributed by atoms with Gasteiger partial charge in [0.2, 0.25) is 0 Å². The minimum atomic E-state index is -0.369. The fourth-order valence-corrected chi connectivity index (χ4v) is 2.47. The van der Waals surface area contributed by atoms with E-state index in [1.165, 1.54) is 11.3 Å². The molecule has 1 aromatic heterocycles. The molecule has 6 nitrogen and oxygen atoms in total. The second-order valence-corrected chi connectivity index (χ2v) is 5.76. The number of thiazole rings is 1. The third kappa shape index (κ3) is 4.07. The van der Waals surface area contributed by atoms with Crippen molar-refractivity contribution in [3.63, 3.8) is 0 Å². The molecule has 1 saturated carbocycles. The maximum atomic E-state index is 11.9. The third-order valence-electron chi connectivity index (χ3n) is 3.00. The molecule has 0 radical (unpaired) electrons. The quantitative estimate of drug-likeness (QED) is 0.602. The summed E-state index contributed by atoms with van der Waals surface area (Å²) in [6.07, 6.45) is 3.17. The first-order valence-electron chi connectivity index (χ1n) is 6.59. The van der Waals surface area contributed by atoms with Crippen LogP contribution in [-0.2, 0) is 0 Å². The molecule has 19 heavy (non-hydrogen) atoms. The maximum Gasteiger partial charge on any atom is 0.265 e. The molecule has 1 fully saturated rings. The van der Waals surface area contributed by atoms with E-state index >= 15 is 0 Å². The van der Waals surface area contributed by atoms with Crippen molar-refractivity contribution in [2.45, 2.75) is 44.8 Å². The lowest BCUT2D eigenvalue weighted by atomic mass is 10.2. The molecule has 106 valence electrons. The molecule has 1 aliphatic rings. The number of nitrogens with zero attached hydrogens (tertiary/aromatic N) is 1. The van der Waals surface area contributed by atoms with Crippen LogP contribution < -0.4 is 16.4 Å². The van der Waals surface area contributed by atoms with Crippen molar-refractivity contribution in [1.29, 1.82) is 0 Å². The van der Waals surface area contributed by atoms with Gasteiger partial charge in [0.15, 0.2) is 5.13 Å². The van der Waals surface area contributed by atoms with Gasteiger partial charge in [-0.05, 0) is 25.7 Å². The van der Waals surface area contributed by atoms with Gasteiger partial charge in [-0.15, -0.1) is 0 Å². The number of nitrogen functional groups attached to an aromatic ring is 1. The van der Waals surface area contributed by atoms with Crippen LogP contribution >= 0.6 is 11.3 Å². The van der Waals surface area contributed by atoms with Crippen LogP contribution in [0.5, 0.6) is 0 Å². The van der Waals surface area contributed by atoms with Gasteiger partial charge in [-0.3, -0.25) is 4.79 Å². The third-order valence-corrected chi connectivity index (χ3v) is 4.00. The van der Waals surface area contributed by atoms with Gasteiger partial charge in [-0.2, -0.15) is 0 Å². The molecule has 5 N–H and O–H groups in total. The highest BCUT2D eigenvalue weighted by Crippen LogP contribution is 2.30. The van der Waals surface area contributed by atoms with Gasteiger partial charge >= 0.3 is 0 Å². The first kappa shape index (κ1) is 14.1. The van der Waals surface area contributed by atoms with Gasteiger partial charge in [-0.25, -0.2) is 4.98 Å². The number of nitrogens with two attached hydrogens (primary N) is 1. The number of carbonyl (C=O) groups is 1. The summed E-state index contributed by atoms with van der Waals surface area (Å²) in [5.74, 6) is 0.0452. The van der Waals surface area contributed by atoms with E-state index in [-0.39, 0.29) is 17.8 Å². The van der Waals surface area contributed by atoms with Crippen LogP contribution in [-0.4, -0.2) is 34.7 Å². The van der Waals surface area contributed by atoms with Crippen LogP contribution in [0.1, 0.15) is 42.3 Å². The highest BCUT2D eigenvalue weighted by Gasteiger charge is 2.24. The molecule has 0 bridgehead atoms. The molecule has 7 heteroatoms. The van der Waals surface area contributed by atoms with Crippen molar-refractivity contribution in [2.24, 2.45) is 0 Å². The standard InChI is InChI=1S/C12H20N4O2S/c1-2-8(17)5-6-14-11(18)9-10(13)16-12(19-9)15-7-3-4-7/h7-8,17H,2-6,13H2,1H3,(H,14,18)(H,15,16). The molecule has 1 aliphatic carbocycles. The largest absolute Gasteiger partial charge is 0.393 e. The van der Waals surface area contributed by atoms with E-state index in [0.29, 0.717) is 35.4 Å². The summed E-state index contributed by atoms with van der Waals surface area (Å²) in [4.78, 5) is 16.5. The number of hydrogen-bond acceptors (Lipinski definition) is 6. The molecule has 2 rings (SSSR count). The molecule has 1 amide bonds. The first-order valence-corrected chi connectivity index (χ1v) is 7.41. The van der Waals surface area contributed by atoms with Crippen LogP contribution in [0, 0.1) is 0 Å². The molecule has 0 aromatic carbocycles. The lowest BCUT2D eigenvalue weighted by molar-refractivity contribution is 0.0946. The SMILES string of the molecule is CCC(O)CCNC(=O)c1sc(NC2CC2)nc1N. The number of rotatable bonds is 7. The van der Waals surface area contributed by atoms with Gasteiger partial charge < -0.3 is 21.5 Å². The monoisotopic (exact) mass is 284 g/mol. The Balaban J connectivity index is 1.85. The maximum absolute atomic E-state index is 11.9. The first-order chi connectivity index (χ1) is 9.10. The Hall–Kier alpha value is -1.34. The fraction of sp³-hybridized carbons (Fsp3) is 0.667. The summed E-state index contributed by atoms with van der Waals surface area (Å²) in [6.45, 7) is 2.35. The number of aliphatic hydroxyl groups excluding tert-OH is 1. The topological polar surface area (TPSA) is 100 Å². The van der Waals surface area contributed by atoms with Gasteiger partial charge in [0.1, 0.15) is 10.7 Å². The van der Waals surface area contributed by atoms with E-state index in [0.717, 1.165) is 12.8 Å². The number of carbonyl (C=O) groups excluding carboxylic acids is 1. The van der Waals surface area contributed by atoms with E-state index in [1.54, 1.807) is 0 Å². The van der Waals surface area contributed by atoms with Crippen molar-refractivity contribution in [2.75, 3.05) is 17.6 Å². The van der Waals surface area contributed by atoms with Crippen molar-refractivity contribution in [3.8, 4) is 0 Å². The van der Waals surface area contributed by atoms with Crippen LogP contribution in [0.4, 0.5) is 10.9 Å². The number of aromatic nitrogens is 1. The Morgan fingerprint density at radius 3 is 3.00 bits per heavy atom. The highest BCUT2D eigenvalue weighted by molar-refractivity contribution is 7.18. The predicted molar refractivity (Wildman–Crippen MR) is 76.4 cm³/mol. The zero-order valence-corrected chi connectivity index (χ0v) is 11.8.